The van der Waals surface area contributed by atoms with E-state index in [-0.39, 0.29) is 11.0 Å². The first-order valence-electron chi connectivity index (χ1n) is 6.06. The van der Waals surface area contributed by atoms with Crippen LogP contribution < -0.4 is 5.32 Å². The van der Waals surface area contributed by atoms with Crippen LogP contribution in [0.4, 0.5) is 0 Å². The number of rotatable bonds is 3. The third kappa shape index (κ3) is 3.07. The molecule has 1 saturated heterocycles. The minimum absolute atomic E-state index is 0.164. The zero-order valence-corrected chi connectivity index (χ0v) is 11.0. The van der Waals surface area contributed by atoms with E-state index in [1.165, 1.54) is 0 Å². The van der Waals surface area contributed by atoms with Crippen LogP contribution in [0.2, 0.25) is 0 Å². The molecule has 0 amide bonds. The van der Waals surface area contributed by atoms with Crippen molar-refractivity contribution < 1.29 is 8.42 Å². The summed E-state index contributed by atoms with van der Waals surface area (Å²) >= 11 is 0. The fourth-order valence-corrected chi connectivity index (χ4v) is 4.21. The Morgan fingerprint density at radius 2 is 1.88 bits per heavy atom. The van der Waals surface area contributed by atoms with Gasteiger partial charge < -0.3 is 5.32 Å². The van der Waals surface area contributed by atoms with Gasteiger partial charge in [0.15, 0.2) is 9.84 Å². The van der Waals surface area contributed by atoms with Crippen molar-refractivity contribution in [1.82, 2.24) is 5.32 Å². The van der Waals surface area contributed by atoms with Gasteiger partial charge in [0.2, 0.25) is 0 Å². The summed E-state index contributed by atoms with van der Waals surface area (Å²) in [5.74, 6) is 0.185. The molecule has 1 fully saturated rings. The van der Waals surface area contributed by atoms with Crippen molar-refractivity contribution in [1.29, 1.82) is 0 Å². The summed E-state index contributed by atoms with van der Waals surface area (Å²) in [4.78, 5) is 0. The lowest BCUT2D eigenvalue weighted by Gasteiger charge is -2.23. The van der Waals surface area contributed by atoms with Crippen LogP contribution in [-0.4, -0.2) is 26.8 Å². The minimum Gasteiger partial charge on any atom is -0.317 e. The molecule has 0 saturated carbocycles. The van der Waals surface area contributed by atoms with Gasteiger partial charge >= 0.3 is 0 Å². The number of benzene rings is 1. The summed E-state index contributed by atoms with van der Waals surface area (Å²) in [6.45, 7) is 3.60. The smallest absolute Gasteiger partial charge is 0.157 e. The number of sulfone groups is 1. The van der Waals surface area contributed by atoms with Gasteiger partial charge in [0, 0.05) is 0 Å². The Balaban J connectivity index is 2.14. The van der Waals surface area contributed by atoms with Gasteiger partial charge in [0.25, 0.3) is 0 Å². The van der Waals surface area contributed by atoms with Crippen LogP contribution in [0.1, 0.15) is 24.0 Å². The molecule has 0 radical (unpaired) electrons. The van der Waals surface area contributed by atoms with Gasteiger partial charge in [-0.05, 0) is 44.0 Å². The predicted octanol–water partition coefficient (Wildman–Crippen LogP) is 1.66. The zero-order valence-electron chi connectivity index (χ0n) is 10.1. The lowest BCUT2D eigenvalue weighted by atomic mass is 10.1. The molecule has 2 rings (SSSR count). The van der Waals surface area contributed by atoms with Crippen LogP contribution >= 0.6 is 0 Å². The Morgan fingerprint density at radius 3 is 2.53 bits per heavy atom. The summed E-state index contributed by atoms with van der Waals surface area (Å²) < 4.78 is 24.6. The molecule has 1 heterocycles. The van der Waals surface area contributed by atoms with Gasteiger partial charge in [-0.1, -0.05) is 24.3 Å². The second kappa shape index (κ2) is 5.19. The normalized spacial score (nSPS) is 18.2. The molecular weight excluding hydrogens is 234 g/mol. The van der Waals surface area contributed by atoms with Crippen molar-refractivity contribution in [2.45, 2.75) is 30.8 Å². The van der Waals surface area contributed by atoms with Crippen LogP contribution in [0.3, 0.4) is 0 Å². The highest BCUT2D eigenvalue weighted by atomic mass is 32.2. The van der Waals surface area contributed by atoms with Crippen molar-refractivity contribution in [2.24, 2.45) is 0 Å². The lowest BCUT2D eigenvalue weighted by molar-refractivity contribution is 0.496. The Hall–Kier alpha value is -0.870. The van der Waals surface area contributed by atoms with Crippen molar-refractivity contribution >= 4 is 9.84 Å². The van der Waals surface area contributed by atoms with E-state index in [1.807, 2.05) is 31.2 Å². The molecule has 4 heteroatoms. The van der Waals surface area contributed by atoms with Crippen molar-refractivity contribution in [3.8, 4) is 0 Å². The third-order valence-electron chi connectivity index (χ3n) is 3.41. The summed E-state index contributed by atoms with van der Waals surface area (Å²) in [5, 5.41) is 3.03. The maximum atomic E-state index is 12.3. The first-order valence-corrected chi connectivity index (χ1v) is 7.78. The first-order chi connectivity index (χ1) is 8.09. The number of hydrogen-bond donors (Lipinski definition) is 1. The van der Waals surface area contributed by atoms with Crippen molar-refractivity contribution in [3.63, 3.8) is 0 Å². The Bertz CT molecular complexity index is 476. The third-order valence-corrected chi connectivity index (χ3v) is 5.61. The summed E-state index contributed by atoms with van der Waals surface area (Å²) in [5.41, 5.74) is 2.00. The fourth-order valence-electron chi connectivity index (χ4n) is 2.26. The standard InChI is InChI=1S/C13H19NO2S/c1-11-4-2-3-5-12(11)10-17(15,16)13-6-8-14-9-7-13/h2-5,13-14H,6-10H2,1H3. The molecular formula is C13H19NO2S. The Labute approximate surface area is 103 Å². The van der Waals surface area contributed by atoms with E-state index < -0.39 is 9.84 Å². The Morgan fingerprint density at radius 1 is 1.24 bits per heavy atom. The predicted molar refractivity (Wildman–Crippen MR) is 69.7 cm³/mol. The highest BCUT2D eigenvalue weighted by Gasteiger charge is 2.27. The lowest BCUT2D eigenvalue weighted by Crippen LogP contribution is -2.36. The van der Waals surface area contributed by atoms with Gasteiger partial charge in [-0.3, -0.25) is 0 Å². The average molecular weight is 253 g/mol. The molecule has 1 aromatic rings. The second-order valence-electron chi connectivity index (χ2n) is 4.68. The van der Waals surface area contributed by atoms with Crippen LogP contribution in [0.5, 0.6) is 0 Å². The average Bonchev–Trinajstić information content (AvgIpc) is 2.33. The molecule has 17 heavy (non-hydrogen) atoms. The van der Waals surface area contributed by atoms with Crippen molar-refractivity contribution in [2.75, 3.05) is 13.1 Å². The summed E-state index contributed by atoms with van der Waals surface area (Å²) in [6, 6.07) is 7.72. The van der Waals surface area contributed by atoms with Gasteiger partial charge in [0.1, 0.15) is 0 Å². The summed E-state index contributed by atoms with van der Waals surface area (Å²) in [6.07, 6.45) is 1.49. The van der Waals surface area contributed by atoms with Crippen LogP contribution in [0, 0.1) is 6.92 Å². The van der Waals surface area contributed by atoms with Gasteiger partial charge in [-0.15, -0.1) is 0 Å². The van der Waals surface area contributed by atoms with Gasteiger partial charge in [-0.2, -0.15) is 0 Å². The molecule has 1 N–H and O–H groups in total. The minimum atomic E-state index is -3.00. The molecule has 0 unspecified atom stereocenters. The number of aryl methyl sites for hydroxylation is 1. The quantitative estimate of drug-likeness (QED) is 0.891. The van der Waals surface area contributed by atoms with Crippen LogP contribution in [-0.2, 0) is 15.6 Å². The van der Waals surface area contributed by atoms with E-state index in [0.29, 0.717) is 0 Å². The van der Waals surface area contributed by atoms with Gasteiger partial charge in [-0.25, -0.2) is 8.42 Å². The van der Waals surface area contributed by atoms with Crippen LogP contribution in [0.25, 0.3) is 0 Å². The molecule has 1 aliphatic heterocycles. The second-order valence-corrected chi connectivity index (χ2v) is 6.96. The highest BCUT2D eigenvalue weighted by molar-refractivity contribution is 7.91. The first kappa shape index (κ1) is 12.6. The molecule has 1 aromatic carbocycles. The van der Waals surface area contributed by atoms with E-state index in [2.05, 4.69) is 5.32 Å². The number of hydrogen-bond acceptors (Lipinski definition) is 3. The molecule has 1 aliphatic rings. The molecule has 0 atom stereocenters. The molecule has 0 spiro atoms. The summed E-state index contributed by atoms with van der Waals surface area (Å²) in [7, 11) is -3.00. The molecule has 0 aliphatic carbocycles. The van der Waals surface area contributed by atoms with E-state index in [0.717, 1.165) is 37.1 Å². The monoisotopic (exact) mass is 253 g/mol. The highest BCUT2D eigenvalue weighted by Crippen LogP contribution is 2.20. The maximum Gasteiger partial charge on any atom is 0.157 e. The van der Waals surface area contributed by atoms with E-state index in [1.54, 1.807) is 0 Å². The number of piperidine rings is 1. The van der Waals surface area contributed by atoms with Crippen LogP contribution in [0.15, 0.2) is 24.3 Å². The van der Waals surface area contributed by atoms with Gasteiger partial charge in [0.05, 0.1) is 11.0 Å². The van der Waals surface area contributed by atoms with E-state index in [9.17, 15) is 8.42 Å². The van der Waals surface area contributed by atoms with E-state index >= 15 is 0 Å². The molecule has 3 nitrogen and oxygen atoms in total. The zero-order chi connectivity index (χ0) is 12.3. The fraction of sp³-hybridized carbons (Fsp3) is 0.538. The molecule has 94 valence electrons. The molecule has 0 aromatic heterocycles. The topological polar surface area (TPSA) is 46.2 Å². The maximum absolute atomic E-state index is 12.3. The number of nitrogens with one attached hydrogen (secondary N) is 1. The molecule has 0 bridgehead atoms. The largest absolute Gasteiger partial charge is 0.317 e. The SMILES string of the molecule is Cc1ccccc1CS(=O)(=O)C1CCNCC1. The van der Waals surface area contributed by atoms with Crippen molar-refractivity contribution in [3.05, 3.63) is 35.4 Å². The van der Waals surface area contributed by atoms with E-state index in [4.69, 9.17) is 0 Å². The Kier molecular flexibility index (Phi) is 3.84.